The number of ether oxygens (including phenoxy) is 1. The van der Waals surface area contributed by atoms with Crippen molar-refractivity contribution >= 4 is 0 Å². The molecule has 0 amide bonds. The van der Waals surface area contributed by atoms with Crippen molar-refractivity contribution in [2.24, 2.45) is 29.1 Å². The molecule has 6 atom stereocenters. The van der Waals surface area contributed by atoms with Crippen molar-refractivity contribution in [3.63, 3.8) is 0 Å². The molecule has 2 saturated carbocycles. The molecule has 0 aliphatic heterocycles. The van der Waals surface area contributed by atoms with Crippen molar-refractivity contribution < 1.29 is 9.13 Å². The number of rotatable bonds is 11. The second-order valence-corrected chi connectivity index (χ2v) is 11.6. The highest BCUT2D eigenvalue weighted by Gasteiger charge is 2.50. The smallest absolute Gasteiger partial charge is 0.106 e. The molecule has 2 aliphatic rings. The molecule has 0 saturated heterocycles. The summed E-state index contributed by atoms with van der Waals surface area (Å²) >= 11 is 0. The number of fused-ring (bicyclic) bond motifs is 1. The molecule has 2 heteroatoms. The quantitative estimate of drug-likeness (QED) is 0.352. The molecule has 0 aromatic rings. The minimum atomic E-state index is -0.747. The van der Waals surface area contributed by atoms with Crippen LogP contribution in [0.5, 0.6) is 0 Å². The maximum absolute atomic E-state index is 15.6. The van der Waals surface area contributed by atoms with Crippen LogP contribution < -0.4 is 0 Å². The predicted octanol–water partition coefficient (Wildman–Crippen LogP) is 7.97. The second-order valence-electron chi connectivity index (χ2n) is 11.6. The molecule has 2 fully saturated rings. The fourth-order valence-corrected chi connectivity index (χ4v) is 5.89. The van der Waals surface area contributed by atoms with Gasteiger partial charge in [-0.1, -0.05) is 47.5 Å². The van der Waals surface area contributed by atoms with Crippen LogP contribution in [0.2, 0.25) is 0 Å². The van der Waals surface area contributed by atoms with Crippen LogP contribution in [0.3, 0.4) is 0 Å². The summed E-state index contributed by atoms with van der Waals surface area (Å²) in [6, 6.07) is 0. The average Bonchev–Trinajstić information content (AvgIpc) is 2.53. The third kappa shape index (κ3) is 5.71. The first-order valence-corrected chi connectivity index (χ1v) is 11.8. The van der Waals surface area contributed by atoms with Gasteiger partial charge < -0.3 is 4.74 Å². The van der Waals surface area contributed by atoms with Gasteiger partial charge in [-0.3, -0.25) is 0 Å². The largest absolute Gasteiger partial charge is 0.369 e. The Balaban J connectivity index is 2.01. The van der Waals surface area contributed by atoms with E-state index in [1.54, 1.807) is 0 Å². The van der Waals surface area contributed by atoms with E-state index in [1.165, 1.54) is 19.3 Å². The standard InChI is InChI=1S/C25H47FO/c1-9-11-14-25(10-2,27-23(4,5)6)17-24(7,8)22(26)15-18(3)21-16-19-12-13-20(19)21/h18-22H,9-17H2,1-8H3. The van der Waals surface area contributed by atoms with Crippen LogP contribution in [-0.4, -0.2) is 17.4 Å². The van der Waals surface area contributed by atoms with Gasteiger partial charge in [-0.15, -0.1) is 0 Å². The minimum Gasteiger partial charge on any atom is -0.369 e. The van der Waals surface area contributed by atoms with Crippen LogP contribution in [0.15, 0.2) is 0 Å². The lowest BCUT2D eigenvalue weighted by atomic mass is 9.50. The Bertz CT molecular complexity index is 465. The van der Waals surface area contributed by atoms with E-state index in [9.17, 15) is 0 Å². The molecular formula is C25H47FO. The van der Waals surface area contributed by atoms with E-state index in [1.807, 2.05) is 0 Å². The van der Waals surface area contributed by atoms with Gasteiger partial charge >= 0.3 is 0 Å². The van der Waals surface area contributed by atoms with Gasteiger partial charge in [0.1, 0.15) is 6.17 Å². The molecule has 0 N–H and O–H groups in total. The first-order valence-electron chi connectivity index (χ1n) is 11.8. The Kier molecular flexibility index (Phi) is 7.48. The second kappa shape index (κ2) is 8.72. The Morgan fingerprint density at radius 3 is 2.15 bits per heavy atom. The highest BCUT2D eigenvalue weighted by atomic mass is 19.1. The van der Waals surface area contributed by atoms with Crippen molar-refractivity contribution in [2.75, 3.05) is 0 Å². The Hall–Kier alpha value is -0.110. The Morgan fingerprint density at radius 2 is 1.74 bits per heavy atom. The van der Waals surface area contributed by atoms with Gasteiger partial charge in [0.05, 0.1) is 11.2 Å². The zero-order valence-corrected chi connectivity index (χ0v) is 19.5. The first-order chi connectivity index (χ1) is 12.4. The summed E-state index contributed by atoms with van der Waals surface area (Å²) < 4.78 is 22.2. The summed E-state index contributed by atoms with van der Waals surface area (Å²) in [7, 11) is 0. The summed E-state index contributed by atoms with van der Waals surface area (Å²) in [4.78, 5) is 0. The first kappa shape index (κ1) is 23.2. The van der Waals surface area contributed by atoms with Gasteiger partial charge in [0.15, 0.2) is 0 Å². The lowest BCUT2D eigenvalue weighted by Crippen LogP contribution is -2.48. The molecule has 0 aromatic carbocycles. The summed E-state index contributed by atoms with van der Waals surface area (Å²) in [5.41, 5.74) is -0.739. The molecule has 0 spiro atoms. The van der Waals surface area contributed by atoms with Gasteiger partial charge in [0.25, 0.3) is 0 Å². The maximum Gasteiger partial charge on any atom is 0.106 e. The Labute approximate surface area is 169 Å². The van der Waals surface area contributed by atoms with Gasteiger partial charge in [-0.05, 0) is 94.8 Å². The highest BCUT2D eigenvalue weighted by Crippen LogP contribution is 2.58. The van der Waals surface area contributed by atoms with Gasteiger partial charge in [0, 0.05) is 0 Å². The maximum atomic E-state index is 15.6. The van der Waals surface area contributed by atoms with Crippen LogP contribution in [-0.2, 0) is 4.74 Å². The fraction of sp³-hybridized carbons (Fsp3) is 1.00. The van der Waals surface area contributed by atoms with Crippen LogP contribution in [0, 0.1) is 29.1 Å². The van der Waals surface area contributed by atoms with E-state index in [4.69, 9.17) is 4.74 Å². The van der Waals surface area contributed by atoms with Crippen LogP contribution in [0.4, 0.5) is 4.39 Å². The summed E-state index contributed by atoms with van der Waals surface area (Å²) in [5.74, 6) is 3.24. The molecule has 0 radical (unpaired) electrons. The van der Waals surface area contributed by atoms with Gasteiger partial charge in [-0.25, -0.2) is 4.39 Å². The monoisotopic (exact) mass is 382 g/mol. The number of hydrogen-bond acceptors (Lipinski definition) is 1. The van der Waals surface area contributed by atoms with Gasteiger partial charge in [-0.2, -0.15) is 0 Å². The summed E-state index contributed by atoms with van der Waals surface area (Å²) in [6.45, 7) is 17.4. The lowest BCUT2D eigenvalue weighted by Gasteiger charge is -2.56. The molecule has 27 heavy (non-hydrogen) atoms. The zero-order valence-electron chi connectivity index (χ0n) is 19.5. The third-order valence-corrected chi connectivity index (χ3v) is 7.69. The number of hydrogen-bond donors (Lipinski definition) is 0. The third-order valence-electron chi connectivity index (χ3n) is 7.69. The van der Waals surface area contributed by atoms with Crippen LogP contribution >= 0.6 is 0 Å². The normalized spacial score (nSPS) is 29.9. The van der Waals surface area contributed by atoms with Crippen LogP contribution in [0.1, 0.15) is 113 Å². The predicted molar refractivity (Wildman–Crippen MR) is 115 cm³/mol. The van der Waals surface area contributed by atoms with E-state index < -0.39 is 6.17 Å². The van der Waals surface area contributed by atoms with Crippen molar-refractivity contribution in [1.82, 2.24) is 0 Å². The van der Waals surface area contributed by atoms with Gasteiger partial charge in [0.2, 0.25) is 0 Å². The van der Waals surface area contributed by atoms with E-state index in [0.29, 0.717) is 5.92 Å². The average molecular weight is 383 g/mol. The summed E-state index contributed by atoms with van der Waals surface area (Å²) in [6.07, 6.45) is 9.30. The van der Waals surface area contributed by atoms with E-state index in [2.05, 4.69) is 55.4 Å². The van der Waals surface area contributed by atoms with E-state index in [0.717, 1.165) is 56.3 Å². The molecule has 2 aliphatic carbocycles. The SMILES string of the molecule is CCCCC(CC)(CC(C)(C)C(F)CC(C)C1CC2CCC21)OC(C)(C)C. The van der Waals surface area contributed by atoms with E-state index in [-0.39, 0.29) is 16.6 Å². The molecule has 160 valence electrons. The lowest BCUT2D eigenvalue weighted by molar-refractivity contribution is -0.162. The highest BCUT2D eigenvalue weighted by molar-refractivity contribution is 4.99. The number of unbranched alkanes of at least 4 members (excludes halogenated alkanes) is 1. The topological polar surface area (TPSA) is 9.23 Å². The molecular weight excluding hydrogens is 335 g/mol. The number of halogens is 1. The molecule has 1 nitrogen and oxygen atoms in total. The van der Waals surface area contributed by atoms with Crippen molar-refractivity contribution in [3.8, 4) is 0 Å². The zero-order chi connectivity index (χ0) is 20.5. The molecule has 0 heterocycles. The summed E-state index contributed by atoms with van der Waals surface area (Å²) in [5, 5.41) is 0. The van der Waals surface area contributed by atoms with Crippen LogP contribution in [0.25, 0.3) is 0 Å². The number of alkyl halides is 1. The molecule has 0 bridgehead atoms. The van der Waals surface area contributed by atoms with Crippen molar-refractivity contribution in [2.45, 2.75) is 131 Å². The van der Waals surface area contributed by atoms with Crippen molar-refractivity contribution in [3.05, 3.63) is 0 Å². The minimum absolute atomic E-state index is 0.190. The molecule has 6 unspecified atom stereocenters. The molecule has 0 aromatic heterocycles. The Morgan fingerprint density at radius 1 is 1.07 bits per heavy atom. The van der Waals surface area contributed by atoms with Crippen molar-refractivity contribution in [1.29, 1.82) is 0 Å². The van der Waals surface area contributed by atoms with E-state index >= 15 is 4.39 Å². The fourth-order valence-electron chi connectivity index (χ4n) is 5.89. The molecule has 2 rings (SSSR count).